The molecule has 1 aliphatic rings. The predicted molar refractivity (Wildman–Crippen MR) is 74.6 cm³/mol. The van der Waals surface area contributed by atoms with E-state index in [0.29, 0.717) is 10.4 Å². The maximum Gasteiger partial charge on any atom is 0.185 e. The van der Waals surface area contributed by atoms with Crippen LogP contribution in [-0.2, 0) is 4.74 Å². The van der Waals surface area contributed by atoms with E-state index < -0.39 is 0 Å². The standard InChI is InChI=1S/C12H15ClO2S2/c1-8(16-7-9-3-2-6-15-9)12(14)10-4-5-11(13)17-10/h4-5,8-9H,2-3,6-7H2,1H3. The Morgan fingerprint density at radius 2 is 2.53 bits per heavy atom. The molecular weight excluding hydrogens is 276 g/mol. The zero-order chi connectivity index (χ0) is 12.3. The molecule has 2 nitrogen and oxygen atoms in total. The highest BCUT2D eigenvalue weighted by Gasteiger charge is 2.21. The number of rotatable bonds is 5. The van der Waals surface area contributed by atoms with Crippen LogP contribution in [0.1, 0.15) is 29.4 Å². The fourth-order valence-electron chi connectivity index (χ4n) is 1.75. The monoisotopic (exact) mass is 290 g/mol. The van der Waals surface area contributed by atoms with Crippen LogP contribution < -0.4 is 0 Å². The van der Waals surface area contributed by atoms with Crippen LogP contribution >= 0.6 is 34.7 Å². The van der Waals surface area contributed by atoms with Gasteiger partial charge in [-0.25, -0.2) is 0 Å². The second-order valence-corrected chi connectivity index (χ2v) is 7.17. The van der Waals surface area contributed by atoms with Crippen molar-refractivity contribution in [3.8, 4) is 0 Å². The van der Waals surface area contributed by atoms with Gasteiger partial charge >= 0.3 is 0 Å². The van der Waals surface area contributed by atoms with Crippen molar-refractivity contribution in [2.45, 2.75) is 31.1 Å². The van der Waals surface area contributed by atoms with Gasteiger partial charge in [0.25, 0.3) is 0 Å². The Morgan fingerprint density at radius 3 is 3.12 bits per heavy atom. The van der Waals surface area contributed by atoms with E-state index in [1.54, 1.807) is 23.9 Å². The minimum Gasteiger partial charge on any atom is -0.377 e. The van der Waals surface area contributed by atoms with Crippen LogP contribution in [0.15, 0.2) is 12.1 Å². The minimum atomic E-state index is -0.0195. The molecular formula is C12H15ClO2S2. The fourth-order valence-corrected chi connectivity index (χ4v) is 3.94. The van der Waals surface area contributed by atoms with Gasteiger partial charge in [0.05, 0.1) is 20.6 Å². The van der Waals surface area contributed by atoms with Crippen LogP contribution in [0.3, 0.4) is 0 Å². The van der Waals surface area contributed by atoms with Crippen molar-refractivity contribution >= 4 is 40.5 Å². The molecule has 2 rings (SSSR count). The van der Waals surface area contributed by atoms with Crippen molar-refractivity contribution in [2.24, 2.45) is 0 Å². The van der Waals surface area contributed by atoms with Crippen LogP contribution in [0, 0.1) is 0 Å². The number of Topliss-reactive ketones (excluding diaryl/α,β-unsaturated/α-hetero) is 1. The smallest absolute Gasteiger partial charge is 0.185 e. The Kier molecular flexibility index (Phi) is 4.91. The summed E-state index contributed by atoms with van der Waals surface area (Å²) in [5, 5.41) is -0.0195. The average Bonchev–Trinajstić information content (AvgIpc) is 2.95. The molecule has 1 aromatic heterocycles. The molecule has 1 aliphatic heterocycles. The Balaban J connectivity index is 1.82. The summed E-state index contributed by atoms with van der Waals surface area (Å²) in [5.74, 6) is 1.08. The Morgan fingerprint density at radius 1 is 1.71 bits per heavy atom. The third-order valence-electron chi connectivity index (χ3n) is 2.74. The summed E-state index contributed by atoms with van der Waals surface area (Å²) in [6, 6.07) is 3.58. The van der Waals surface area contributed by atoms with Crippen molar-refractivity contribution in [1.29, 1.82) is 0 Å². The van der Waals surface area contributed by atoms with Crippen LogP contribution in [0.5, 0.6) is 0 Å². The number of carbonyl (C=O) groups excluding carboxylic acids is 1. The molecule has 0 N–H and O–H groups in total. The quantitative estimate of drug-likeness (QED) is 0.770. The first-order chi connectivity index (χ1) is 8.16. The summed E-state index contributed by atoms with van der Waals surface area (Å²) in [5.41, 5.74) is 0. The number of thioether (sulfide) groups is 1. The lowest BCUT2D eigenvalue weighted by atomic mass is 10.2. The molecule has 0 radical (unpaired) electrons. The number of carbonyl (C=O) groups is 1. The highest BCUT2D eigenvalue weighted by molar-refractivity contribution is 8.00. The lowest BCUT2D eigenvalue weighted by Gasteiger charge is -2.12. The van der Waals surface area contributed by atoms with Crippen molar-refractivity contribution in [3.05, 3.63) is 21.3 Å². The summed E-state index contributed by atoms with van der Waals surface area (Å²) < 4.78 is 6.21. The number of thiophene rings is 1. The van der Waals surface area contributed by atoms with E-state index in [1.165, 1.54) is 11.3 Å². The second-order valence-electron chi connectivity index (χ2n) is 4.08. The molecule has 5 heteroatoms. The van der Waals surface area contributed by atoms with Gasteiger partial charge in [-0.15, -0.1) is 23.1 Å². The lowest BCUT2D eigenvalue weighted by molar-refractivity contribution is 0.0997. The van der Waals surface area contributed by atoms with Crippen LogP contribution in [0.2, 0.25) is 4.34 Å². The number of hydrogen-bond donors (Lipinski definition) is 0. The molecule has 0 aromatic carbocycles. The highest BCUT2D eigenvalue weighted by atomic mass is 35.5. The molecule has 2 atom stereocenters. The van der Waals surface area contributed by atoms with Crippen molar-refractivity contribution in [1.82, 2.24) is 0 Å². The summed E-state index contributed by atoms with van der Waals surface area (Å²) in [6.07, 6.45) is 2.61. The average molecular weight is 291 g/mol. The zero-order valence-electron chi connectivity index (χ0n) is 9.65. The fraction of sp³-hybridized carbons (Fsp3) is 0.583. The van der Waals surface area contributed by atoms with Crippen molar-refractivity contribution in [3.63, 3.8) is 0 Å². The second kappa shape index (κ2) is 6.23. The van der Waals surface area contributed by atoms with E-state index in [-0.39, 0.29) is 11.0 Å². The van der Waals surface area contributed by atoms with Crippen molar-refractivity contribution < 1.29 is 9.53 Å². The third-order valence-corrected chi connectivity index (χ3v) is 5.27. The first kappa shape index (κ1) is 13.4. The molecule has 0 amide bonds. The van der Waals surface area contributed by atoms with Crippen LogP contribution in [0.4, 0.5) is 0 Å². The molecule has 1 aromatic rings. The van der Waals surface area contributed by atoms with Gasteiger partial charge in [-0.05, 0) is 31.9 Å². The van der Waals surface area contributed by atoms with Crippen LogP contribution in [0.25, 0.3) is 0 Å². The Labute approximate surface area is 115 Å². The molecule has 94 valence electrons. The van der Waals surface area contributed by atoms with Gasteiger partial charge in [0.1, 0.15) is 0 Å². The van der Waals surface area contributed by atoms with E-state index in [4.69, 9.17) is 16.3 Å². The Hall–Kier alpha value is -0.0300. The predicted octanol–water partition coefficient (Wildman–Crippen LogP) is 3.88. The van der Waals surface area contributed by atoms with Gasteiger partial charge in [-0.1, -0.05) is 11.6 Å². The van der Waals surface area contributed by atoms with E-state index in [1.807, 2.05) is 6.92 Å². The molecule has 2 unspecified atom stereocenters. The molecule has 1 fully saturated rings. The first-order valence-electron chi connectivity index (χ1n) is 5.69. The van der Waals surface area contributed by atoms with Gasteiger partial charge in [0, 0.05) is 12.4 Å². The van der Waals surface area contributed by atoms with E-state index in [0.717, 1.165) is 30.1 Å². The lowest BCUT2D eigenvalue weighted by Crippen LogP contribution is -2.17. The van der Waals surface area contributed by atoms with Gasteiger partial charge in [0.15, 0.2) is 5.78 Å². The van der Waals surface area contributed by atoms with Gasteiger partial charge in [0.2, 0.25) is 0 Å². The number of halogens is 1. The number of hydrogen-bond acceptors (Lipinski definition) is 4. The molecule has 0 spiro atoms. The molecule has 0 aliphatic carbocycles. The SMILES string of the molecule is CC(SCC1CCCO1)C(=O)c1ccc(Cl)s1. The number of ketones is 1. The summed E-state index contributed by atoms with van der Waals surface area (Å²) in [4.78, 5) is 12.8. The summed E-state index contributed by atoms with van der Waals surface area (Å²) in [7, 11) is 0. The van der Waals surface area contributed by atoms with Crippen LogP contribution in [-0.4, -0.2) is 29.5 Å². The largest absolute Gasteiger partial charge is 0.377 e. The van der Waals surface area contributed by atoms with Crippen molar-refractivity contribution in [2.75, 3.05) is 12.4 Å². The summed E-state index contributed by atoms with van der Waals surface area (Å²) >= 11 is 8.86. The topological polar surface area (TPSA) is 26.3 Å². The van der Waals surface area contributed by atoms with Gasteiger partial charge in [-0.3, -0.25) is 4.79 Å². The molecule has 2 heterocycles. The Bertz CT molecular complexity index is 386. The molecule has 0 bridgehead atoms. The molecule has 1 saturated heterocycles. The van der Waals surface area contributed by atoms with E-state index >= 15 is 0 Å². The maximum atomic E-state index is 12.1. The highest BCUT2D eigenvalue weighted by Crippen LogP contribution is 2.27. The first-order valence-corrected chi connectivity index (χ1v) is 7.94. The molecule has 0 saturated carbocycles. The third kappa shape index (κ3) is 3.71. The number of ether oxygens (including phenoxy) is 1. The van der Waals surface area contributed by atoms with Gasteiger partial charge < -0.3 is 4.74 Å². The molecule has 17 heavy (non-hydrogen) atoms. The van der Waals surface area contributed by atoms with E-state index in [2.05, 4.69) is 0 Å². The van der Waals surface area contributed by atoms with E-state index in [9.17, 15) is 4.79 Å². The minimum absolute atomic E-state index is 0.0195. The maximum absolute atomic E-state index is 12.1. The summed E-state index contributed by atoms with van der Waals surface area (Å²) in [6.45, 7) is 2.82. The van der Waals surface area contributed by atoms with Gasteiger partial charge in [-0.2, -0.15) is 0 Å². The zero-order valence-corrected chi connectivity index (χ0v) is 12.0. The normalized spacial score (nSPS) is 21.6.